The van der Waals surface area contributed by atoms with Crippen LogP contribution in [0, 0.1) is 5.92 Å². The fourth-order valence-electron chi connectivity index (χ4n) is 1.25. The molecule has 0 aromatic carbocycles. The van der Waals surface area contributed by atoms with Crippen LogP contribution in [-0.4, -0.2) is 19.8 Å². The standard InChI is InChI=1S/C10H17NO2/c1-8(11)9(2)13-7-10-4-3-5-12-6-10/h10H,1-7,11H2. The zero-order valence-electron chi connectivity index (χ0n) is 7.92. The maximum absolute atomic E-state index is 5.40. The third-order valence-electron chi connectivity index (χ3n) is 2.11. The molecule has 1 aliphatic heterocycles. The summed E-state index contributed by atoms with van der Waals surface area (Å²) in [7, 11) is 0. The van der Waals surface area contributed by atoms with Gasteiger partial charge in [0.15, 0.2) is 0 Å². The van der Waals surface area contributed by atoms with Gasteiger partial charge in [-0.3, -0.25) is 0 Å². The van der Waals surface area contributed by atoms with Gasteiger partial charge in [0.2, 0.25) is 0 Å². The van der Waals surface area contributed by atoms with E-state index in [1.54, 1.807) is 0 Å². The SMILES string of the molecule is C=C(N)C(=C)OCC1CCCOC1. The van der Waals surface area contributed by atoms with Crippen LogP contribution < -0.4 is 5.73 Å². The van der Waals surface area contributed by atoms with Crippen LogP contribution in [0.4, 0.5) is 0 Å². The van der Waals surface area contributed by atoms with Crippen LogP contribution in [-0.2, 0) is 9.47 Å². The quantitative estimate of drug-likeness (QED) is 0.529. The van der Waals surface area contributed by atoms with Crippen molar-refractivity contribution in [1.82, 2.24) is 0 Å². The largest absolute Gasteiger partial charge is 0.492 e. The number of rotatable bonds is 4. The predicted octanol–water partition coefficient (Wildman–Crippen LogP) is 1.42. The molecule has 0 radical (unpaired) electrons. The minimum absolute atomic E-state index is 0.400. The van der Waals surface area contributed by atoms with Crippen LogP contribution in [0.15, 0.2) is 24.6 Å². The van der Waals surface area contributed by atoms with Gasteiger partial charge in [-0.2, -0.15) is 0 Å². The van der Waals surface area contributed by atoms with Crippen LogP contribution in [0.3, 0.4) is 0 Å². The van der Waals surface area contributed by atoms with Gasteiger partial charge in [-0.15, -0.1) is 0 Å². The molecule has 0 bridgehead atoms. The summed E-state index contributed by atoms with van der Waals surface area (Å²) in [5, 5.41) is 0. The Kier molecular flexibility index (Phi) is 3.83. The first-order valence-corrected chi connectivity index (χ1v) is 4.54. The second-order valence-corrected chi connectivity index (χ2v) is 3.34. The number of ether oxygens (including phenoxy) is 2. The summed E-state index contributed by atoms with van der Waals surface area (Å²) in [6.07, 6.45) is 2.27. The summed E-state index contributed by atoms with van der Waals surface area (Å²) in [5.74, 6) is 0.954. The summed E-state index contributed by atoms with van der Waals surface area (Å²) in [5.41, 5.74) is 5.80. The van der Waals surface area contributed by atoms with Gasteiger partial charge in [-0.25, -0.2) is 0 Å². The highest BCUT2D eigenvalue weighted by Gasteiger charge is 2.14. The molecule has 1 heterocycles. The molecule has 13 heavy (non-hydrogen) atoms. The topological polar surface area (TPSA) is 44.5 Å². The van der Waals surface area contributed by atoms with Crippen molar-refractivity contribution < 1.29 is 9.47 Å². The molecule has 2 N–H and O–H groups in total. The third-order valence-corrected chi connectivity index (χ3v) is 2.11. The van der Waals surface area contributed by atoms with Crippen molar-refractivity contribution in [3.63, 3.8) is 0 Å². The molecule has 3 heteroatoms. The van der Waals surface area contributed by atoms with E-state index in [1.807, 2.05) is 0 Å². The van der Waals surface area contributed by atoms with Crippen molar-refractivity contribution in [3.8, 4) is 0 Å². The van der Waals surface area contributed by atoms with Gasteiger partial charge in [-0.05, 0) is 12.8 Å². The maximum Gasteiger partial charge on any atom is 0.134 e. The Balaban J connectivity index is 2.17. The van der Waals surface area contributed by atoms with Gasteiger partial charge in [0.05, 0.1) is 18.9 Å². The minimum atomic E-state index is 0.400. The normalized spacial score (nSPS) is 22.3. The molecular weight excluding hydrogens is 166 g/mol. The molecule has 0 aliphatic carbocycles. The van der Waals surface area contributed by atoms with Crippen molar-refractivity contribution >= 4 is 0 Å². The Morgan fingerprint density at radius 1 is 1.54 bits per heavy atom. The van der Waals surface area contributed by atoms with E-state index in [2.05, 4.69) is 13.2 Å². The summed E-state index contributed by atoms with van der Waals surface area (Å²) in [4.78, 5) is 0. The third kappa shape index (κ3) is 3.51. The van der Waals surface area contributed by atoms with Crippen molar-refractivity contribution in [1.29, 1.82) is 0 Å². The zero-order chi connectivity index (χ0) is 9.68. The van der Waals surface area contributed by atoms with Gasteiger partial charge in [0.1, 0.15) is 5.76 Å². The monoisotopic (exact) mass is 183 g/mol. The first kappa shape index (κ1) is 10.1. The van der Waals surface area contributed by atoms with E-state index in [4.69, 9.17) is 15.2 Å². The molecule has 0 saturated carbocycles. The summed E-state index contributed by atoms with van der Waals surface area (Å²) in [6, 6.07) is 0. The number of hydrogen-bond acceptors (Lipinski definition) is 3. The van der Waals surface area contributed by atoms with Crippen LogP contribution >= 0.6 is 0 Å². The second-order valence-electron chi connectivity index (χ2n) is 3.34. The average Bonchev–Trinajstić information content (AvgIpc) is 2.15. The fraction of sp³-hybridized carbons (Fsp3) is 0.600. The molecule has 1 atom stereocenters. The van der Waals surface area contributed by atoms with E-state index in [9.17, 15) is 0 Å². The Bertz CT molecular complexity index is 195. The molecule has 1 unspecified atom stereocenters. The average molecular weight is 183 g/mol. The van der Waals surface area contributed by atoms with Gasteiger partial charge in [-0.1, -0.05) is 13.2 Å². The summed E-state index contributed by atoms with van der Waals surface area (Å²) < 4.78 is 10.7. The fourth-order valence-corrected chi connectivity index (χ4v) is 1.25. The predicted molar refractivity (Wildman–Crippen MR) is 52.0 cm³/mol. The molecule has 0 aromatic rings. The number of nitrogens with two attached hydrogens (primary N) is 1. The number of hydrogen-bond donors (Lipinski definition) is 1. The molecule has 0 amide bonds. The van der Waals surface area contributed by atoms with Crippen LogP contribution in [0.25, 0.3) is 0 Å². The molecule has 1 rings (SSSR count). The van der Waals surface area contributed by atoms with Gasteiger partial charge < -0.3 is 15.2 Å². The highest BCUT2D eigenvalue weighted by Crippen LogP contribution is 2.15. The van der Waals surface area contributed by atoms with Crippen molar-refractivity contribution in [2.75, 3.05) is 19.8 Å². The first-order valence-electron chi connectivity index (χ1n) is 4.54. The highest BCUT2D eigenvalue weighted by molar-refractivity contribution is 5.14. The van der Waals surface area contributed by atoms with Crippen molar-refractivity contribution in [3.05, 3.63) is 24.6 Å². The van der Waals surface area contributed by atoms with Crippen LogP contribution in [0.1, 0.15) is 12.8 Å². The first-order chi connectivity index (χ1) is 6.20. The van der Waals surface area contributed by atoms with E-state index < -0.39 is 0 Å². The highest BCUT2D eigenvalue weighted by atomic mass is 16.5. The smallest absolute Gasteiger partial charge is 0.134 e. The molecule has 1 aliphatic rings. The minimum Gasteiger partial charge on any atom is -0.492 e. The lowest BCUT2D eigenvalue weighted by molar-refractivity contribution is 0.0231. The van der Waals surface area contributed by atoms with E-state index in [1.165, 1.54) is 0 Å². The van der Waals surface area contributed by atoms with Gasteiger partial charge in [0, 0.05) is 12.5 Å². The zero-order valence-corrected chi connectivity index (χ0v) is 7.92. The Labute approximate surface area is 79.2 Å². The lowest BCUT2D eigenvalue weighted by Gasteiger charge is -2.22. The molecule has 1 fully saturated rings. The van der Waals surface area contributed by atoms with E-state index >= 15 is 0 Å². The molecule has 74 valence electrons. The van der Waals surface area contributed by atoms with E-state index in [0.717, 1.165) is 26.1 Å². The lowest BCUT2D eigenvalue weighted by atomic mass is 10.0. The molecular formula is C10H17NO2. The van der Waals surface area contributed by atoms with E-state index in [-0.39, 0.29) is 0 Å². The van der Waals surface area contributed by atoms with Gasteiger partial charge >= 0.3 is 0 Å². The van der Waals surface area contributed by atoms with Crippen molar-refractivity contribution in [2.45, 2.75) is 12.8 Å². The maximum atomic E-state index is 5.40. The van der Waals surface area contributed by atoms with Crippen LogP contribution in [0.5, 0.6) is 0 Å². The summed E-state index contributed by atoms with van der Waals surface area (Å²) >= 11 is 0. The summed E-state index contributed by atoms with van der Waals surface area (Å²) in [6.45, 7) is 9.48. The lowest BCUT2D eigenvalue weighted by Crippen LogP contribution is -2.22. The Morgan fingerprint density at radius 3 is 2.85 bits per heavy atom. The van der Waals surface area contributed by atoms with Crippen molar-refractivity contribution in [2.24, 2.45) is 11.7 Å². The molecule has 0 spiro atoms. The van der Waals surface area contributed by atoms with Gasteiger partial charge in [0.25, 0.3) is 0 Å². The molecule has 0 aromatic heterocycles. The molecule has 1 saturated heterocycles. The van der Waals surface area contributed by atoms with E-state index in [0.29, 0.717) is 24.0 Å². The second kappa shape index (κ2) is 4.92. The Hall–Kier alpha value is -0.960. The molecule has 3 nitrogen and oxygen atoms in total. The Morgan fingerprint density at radius 2 is 2.31 bits per heavy atom. The van der Waals surface area contributed by atoms with Crippen LogP contribution in [0.2, 0.25) is 0 Å².